The second-order valence-electron chi connectivity index (χ2n) is 3.80. The molecule has 108 valence electrons. The number of rotatable bonds is 6. The summed E-state index contributed by atoms with van der Waals surface area (Å²) < 4.78 is 0.382. The number of amides is 2. The molecule has 0 atom stereocenters. The molecular weight excluding hydrogens is 334 g/mol. The van der Waals surface area contributed by atoms with Gasteiger partial charge in [0.05, 0.1) is 10.6 Å². The molecule has 1 aromatic rings. The fraction of sp³-hybridized carbons (Fsp3) is 0.273. The van der Waals surface area contributed by atoms with Crippen molar-refractivity contribution in [3.8, 4) is 0 Å². The molecule has 2 amide bonds. The van der Waals surface area contributed by atoms with Crippen molar-refractivity contribution in [1.82, 2.24) is 5.32 Å². The van der Waals surface area contributed by atoms with Crippen LogP contribution in [-0.4, -0.2) is 28.6 Å². The highest BCUT2D eigenvalue weighted by molar-refractivity contribution is 9.10. The molecule has 1 rings (SSSR count). The number of nitro benzene ring substituents is 1. The smallest absolute Gasteiger partial charge is 0.319 e. The van der Waals surface area contributed by atoms with Crippen LogP contribution in [0.5, 0.6) is 0 Å². The van der Waals surface area contributed by atoms with Gasteiger partial charge in [0, 0.05) is 29.6 Å². The Hall–Kier alpha value is -2.16. The van der Waals surface area contributed by atoms with Gasteiger partial charge in [-0.1, -0.05) is 0 Å². The van der Waals surface area contributed by atoms with E-state index in [0.717, 1.165) is 0 Å². The first-order valence-electron chi connectivity index (χ1n) is 5.60. The maximum Gasteiger partial charge on any atom is 0.319 e. The van der Waals surface area contributed by atoms with Crippen molar-refractivity contribution in [1.29, 1.82) is 0 Å². The summed E-state index contributed by atoms with van der Waals surface area (Å²) in [4.78, 5) is 31.8. The molecule has 0 aliphatic rings. The van der Waals surface area contributed by atoms with E-state index >= 15 is 0 Å². The van der Waals surface area contributed by atoms with E-state index < -0.39 is 16.9 Å². The zero-order chi connectivity index (χ0) is 15.1. The number of carboxylic acid groups (broad SMARTS) is 1. The molecule has 20 heavy (non-hydrogen) atoms. The lowest BCUT2D eigenvalue weighted by molar-refractivity contribution is -0.384. The van der Waals surface area contributed by atoms with Crippen LogP contribution >= 0.6 is 15.9 Å². The normalized spacial score (nSPS) is 9.85. The number of carbonyl (C=O) groups is 2. The molecule has 9 heteroatoms. The van der Waals surface area contributed by atoms with Crippen LogP contribution in [0, 0.1) is 10.1 Å². The third kappa shape index (κ3) is 5.22. The van der Waals surface area contributed by atoms with Gasteiger partial charge in [-0.3, -0.25) is 14.9 Å². The Labute approximate surface area is 122 Å². The topological polar surface area (TPSA) is 122 Å². The molecule has 0 fully saturated rings. The largest absolute Gasteiger partial charge is 0.481 e. The predicted molar refractivity (Wildman–Crippen MR) is 74.7 cm³/mol. The second-order valence-corrected chi connectivity index (χ2v) is 4.65. The minimum atomic E-state index is -0.926. The average Bonchev–Trinajstić information content (AvgIpc) is 2.36. The van der Waals surface area contributed by atoms with Gasteiger partial charge in [-0.25, -0.2) is 4.79 Å². The Balaban J connectivity index is 2.50. The molecule has 0 bridgehead atoms. The highest BCUT2D eigenvalue weighted by Crippen LogP contribution is 2.26. The molecular formula is C11H12BrN3O5. The van der Waals surface area contributed by atoms with Crippen LogP contribution in [0.4, 0.5) is 16.2 Å². The molecule has 0 radical (unpaired) electrons. The van der Waals surface area contributed by atoms with Crippen molar-refractivity contribution < 1.29 is 19.6 Å². The molecule has 0 unspecified atom stereocenters. The van der Waals surface area contributed by atoms with Gasteiger partial charge in [-0.05, 0) is 28.4 Å². The molecule has 0 saturated heterocycles. The van der Waals surface area contributed by atoms with E-state index in [2.05, 4.69) is 26.6 Å². The Morgan fingerprint density at radius 2 is 2.10 bits per heavy atom. The lowest BCUT2D eigenvalue weighted by Crippen LogP contribution is -2.29. The van der Waals surface area contributed by atoms with Gasteiger partial charge in [0.25, 0.3) is 5.69 Å². The molecule has 3 N–H and O–H groups in total. The van der Waals surface area contributed by atoms with Crippen molar-refractivity contribution in [3.63, 3.8) is 0 Å². The molecule has 8 nitrogen and oxygen atoms in total. The third-order valence-corrected chi connectivity index (χ3v) is 2.92. The number of carbonyl (C=O) groups excluding carboxylic acids is 1. The number of halogens is 1. The standard InChI is InChI=1S/C11H12BrN3O5/c12-8-6-7(15(19)20)3-4-9(8)14-11(18)13-5-1-2-10(16)17/h3-4,6H,1-2,5H2,(H,16,17)(H2,13,14,18). The lowest BCUT2D eigenvalue weighted by Gasteiger charge is -2.08. The summed E-state index contributed by atoms with van der Waals surface area (Å²) in [6.45, 7) is 0.225. The van der Waals surface area contributed by atoms with Crippen molar-refractivity contribution in [2.75, 3.05) is 11.9 Å². The highest BCUT2D eigenvalue weighted by atomic mass is 79.9. The maximum atomic E-state index is 11.5. The van der Waals surface area contributed by atoms with Crippen LogP contribution in [0.2, 0.25) is 0 Å². The molecule has 1 aromatic carbocycles. The quantitative estimate of drug-likeness (QED) is 0.415. The fourth-order valence-corrected chi connectivity index (χ4v) is 1.79. The number of nitro groups is 1. The van der Waals surface area contributed by atoms with Gasteiger partial charge in [-0.15, -0.1) is 0 Å². The van der Waals surface area contributed by atoms with Crippen molar-refractivity contribution in [2.24, 2.45) is 0 Å². The van der Waals surface area contributed by atoms with E-state index in [0.29, 0.717) is 16.6 Å². The molecule has 0 aromatic heterocycles. The van der Waals surface area contributed by atoms with E-state index in [1.165, 1.54) is 18.2 Å². The van der Waals surface area contributed by atoms with Gasteiger partial charge in [0.1, 0.15) is 0 Å². The number of anilines is 1. The van der Waals surface area contributed by atoms with Gasteiger partial charge in [0.2, 0.25) is 0 Å². The first-order chi connectivity index (χ1) is 9.40. The van der Waals surface area contributed by atoms with Gasteiger partial charge >= 0.3 is 12.0 Å². The van der Waals surface area contributed by atoms with E-state index in [4.69, 9.17) is 5.11 Å². The predicted octanol–water partition coefficient (Wildman–Crippen LogP) is 2.34. The number of benzene rings is 1. The number of carboxylic acids is 1. The maximum absolute atomic E-state index is 11.5. The van der Waals surface area contributed by atoms with E-state index in [1.54, 1.807) is 0 Å². The number of nitrogens with one attached hydrogen (secondary N) is 2. The monoisotopic (exact) mass is 345 g/mol. The third-order valence-electron chi connectivity index (χ3n) is 2.26. The second kappa shape index (κ2) is 7.43. The van der Waals surface area contributed by atoms with Crippen LogP contribution in [0.15, 0.2) is 22.7 Å². The summed E-state index contributed by atoms with van der Waals surface area (Å²) in [5.41, 5.74) is 0.288. The van der Waals surface area contributed by atoms with Crippen LogP contribution in [-0.2, 0) is 4.79 Å². The summed E-state index contributed by atoms with van der Waals surface area (Å²) in [5.74, 6) is -0.926. The molecule has 0 aliphatic carbocycles. The first-order valence-corrected chi connectivity index (χ1v) is 6.40. The number of non-ortho nitro benzene ring substituents is 1. The summed E-state index contributed by atoms with van der Waals surface area (Å²) in [5, 5.41) is 24.0. The highest BCUT2D eigenvalue weighted by Gasteiger charge is 2.10. The van der Waals surface area contributed by atoms with E-state index in [-0.39, 0.29) is 18.7 Å². The summed E-state index contributed by atoms with van der Waals surface area (Å²) in [6.07, 6.45) is 0.297. The number of hydrogen-bond donors (Lipinski definition) is 3. The van der Waals surface area contributed by atoms with Crippen LogP contribution < -0.4 is 10.6 Å². The summed E-state index contributed by atoms with van der Waals surface area (Å²) >= 11 is 3.12. The van der Waals surface area contributed by atoms with Crippen LogP contribution in [0.3, 0.4) is 0 Å². The Morgan fingerprint density at radius 3 is 2.65 bits per heavy atom. The van der Waals surface area contributed by atoms with Crippen molar-refractivity contribution in [2.45, 2.75) is 12.8 Å². The minimum Gasteiger partial charge on any atom is -0.481 e. The minimum absolute atomic E-state index is 0.0263. The van der Waals surface area contributed by atoms with Crippen molar-refractivity contribution >= 4 is 39.3 Å². The molecule has 0 heterocycles. The molecule has 0 spiro atoms. The fourth-order valence-electron chi connectivity index (χ4n) is 1.33. The summed E-state index contributed by atoms with van der Waals surface area (Å²) in [7, 11) is 0. The number of hydrogen-bond acceptors (Lipinski definition) is 4. The summed E-state index contributed by atoms with van der Waals surface area (Å²) in [6, 6.07) is 3.44. The van der Waals surface area contributed by atoms with Gasteiger partial charge < -0.3 is 15.7 Å². The lowest BCUT2D eigenvalue weighted by atomic mass is 10.3. The van der Waals surface area contributed by atoms with Crippen LogP contribution in [0.25, 0.3) is 0 Å². The van der Waals surface area contributed by atoms with E-state index in [9.17, 15) is 19.7 Å². The molecule has 0 aliphatic heterocycles. The molecule has 0 saturated carbocycles. The van der Waals surface area contributed by atoms with Crippen molar-refractivity contribution in [3.05, 3.63) is 32.8 Å². The zero-order valence-corrected chi connectivity index (χ0v) is 11.8. The van der Waals surface area contributed by atoms with Gasteiger partial charge in [0.15, 0.2) is 0 Å². The van der Waals surface area contributed by atoms with Gasteiger partial charge in [-0.2, -0.15) is 0 Å². The number of nitrogens with zero attached hydrogens (tertiary/aromatic N) is 1. The Bertz CT molecular complexity index is 535. The Morgan fingerprint density at radius 1 is 1.40 bits per heavy atom. The zero-order valence-electron chi connectivity index (χ0n) is 10.3. The SMILES string of the molecule is O=C(O)CCCNC(=O)Nc1ccc([N+](=O)[O-])cc1Br. The average molecular weight is 346 g/mol. The number of urea groups is 1. The number of aliphatic carboxylic acids is 1. The van der Waals surface area contributed by atoms with E-state index in [1.807, 2.05) is 0 Å². The first kappa shape index (κ1) is 15.9. The Kier molecular flexibility index (Phi) is 5.91. The van der Waals surface area contributed by atoms with Crippen LogP contribution in [0.1, 0.15) is 12.8 Å².